The number of nitrogens with zero attached hydrogens (tertiary/aromatic N) is 3. The third kappa shape index (κ3) is 29.6. The van der Waals surface area contributed by atoms with Gasteiger partial charge in [-0.25, -0.2) is 0 Å². The van der Waals surface area contributed by atoms with Gasteiger partial charge < -0.3 is 35.0 Å². The van der Waals surface area contributed by atoms with E-state index in [2.05, 4.69) is 6.92 Å². The maximum atomic E-state index is 12.8. The summed E-state index contributed by atoms with van der Waals surface area (Å²) in [5.41, 5.74) is 0. The van der Waals surface area contributed by atoms with E-state index in [-0.39, 0.29) is 39.1 Å². The largest absolute Gasteiger partial charge is 0.480 e. The number of carboxylic acids is 5. The van der Waals surface area contributed by atoms with Crippen LogP contribution in [-0.4, -0.2) is 154 Å². The number of hydrogen-bond acceptors (Lipinski definition) is 12. The molecule has 0 aliphatic rings. The molecular weight excluding hydrogens is 674 g/mol. The predicted molar refractivity (Wildman–Crippen MR) is 183 cm³/mol. The number of unbranched alkanes of at least 4 members (excludes halogenated alkanes) is 11. The van der Waals surface area contributed by atoms with Crippen LogP contribution in [0.1, 0.15) is 103 Å². The first-order chi connectivity index (χ1) is 24.2. The SMILES string of the molecule is CCCCCCCCCCCCCCOC(=O)CCCOC(=O)CC(CN(CCN(CC(=O)O)CC(=O)O)CC(=O)O)N(CC(=O)O)CC(=O)O. The smallest absolute Gasteiger partial charge is 0.317 e. The summed E-state index contributed by atoms with van der Waals surface area (Å²) < 4.78 is 10.5. The summed E-state index contributed by atoms with van der Waals surface area (Å²) >= 11 is 0. The lowest BCUT2D eigenvalue weighted by molar-refractivity contribution is -0.151. The number of aliphatic carboxylic acids is 5. The normalized spacial score (nSPS) is 11.8. The van der Waals surface area contributed by atoms with E-state index >= 15 is 0 Å². The van der Waals surface area contributed by atoms with Crippen molar-refractivity contribution in [1.82, 2.24) is 14.7 Å². The lowest BCUT2D eigenvalue weighted by atomic mass is 10.1. The van der Waals surface area contributed by atoms with Crippen LogP contribution in [0.15, 0.2) is 0 Å². The highest BCUT2D eigenvalue weighted by Crippen LogP contribution is 2.13. The molecule has 0 saturated carbocycles. The van der Waals surface area contributed by atoms with E-state index in [0.29, 0.717) is 6.61 Å². The summed E-state index contributed by atoms with van der Waals surface area (Å²) in [6, 6.07) is -1.17. The summed E-state index contributed by atoms with van der Waals surface area (Å²) in [5, 5.41) is 46.4. The Kier molecular flexibility index (Phi) is 27.6. The van der Waals surface area contributed by atoms with Gasteiger partial charge in [0.05, 0.1) is 52.4 Å². The number of rotatable bonds is 35. The molecule has 0 heterocycles. The highest BCUT2D eigenvalue weighted by Gasteiger charge is 2.29. The van der Waals surface area contributed by atoms with Crippen LogP contribution in [0.4, 0.5) is 0 Å². The second-order valence-electron chi connectivity index (χ2n) is 12.6. The Labute approximate surface area is 299 Å². The number of carbonyl (C=O) groups is 7. The third-order valence-corrected chi connectivity index (χ3v) is 7.92. The van der Waals surface area contributed by atoms with Crippen molar-refractivity contribution >= 4 is 41.8 Å². The summed E-state index contributed by atoms with van der Waals surface area (Å²) in [6.07, 6.45) is 13.9. The first-order valence-electron chi connectivity index (χ1n) is 17.8. The van der Waals surface area contributed by atoms with Crippen LogP contribution in [0.5, 0.6) is 0 Å². The fraction of sp³-hybridized carbons (Fsp3) is 0.794. The molecule has 17 nitrogen and oxygen atoms in total. The molecule has 0 aromatic heterocycles. The molecule has 0 aromatic carbocycles. The van der Waals surface area contributed by atoms with Gasteiger partial charge in [-0.1, -0.05) is 77.6 Å². The van der Waals surface area contributed by atoms with E-state index in [9.17, 15) is 48.9 Å². The van der Waals surface area contributed by atoms with E-state index in [4.69, 9.17) is 19.7 Å². The van der Waals surface area contributed by atoms with Crippen molar-refractivity contribution < 1.29 is 68.6 Å². The summed E-state index contributed by atoms with van der Waals surface area (Å²) in [7, 11) is 0. The summed E-state index contributed by atoms with van der Waals surface area (Å²) in [6.45, 7) is -1.99. The Bertz CT molecular complexity index is 1030. The molecule has 0 amide bonds. The van der Waals surface area contributed by atoms with Crippen molar-refractivity contribution in [3.05, 3.63) is 0 Å². The lowest BCUT2D eigenvalue weighted by Gasteiger charge is -2.33. The van der Waals surface area contributed by atoms with Crippen molar-refractivity contribution in [3.8, 4) is 0 Å². The van der Waals surface area contributed by atoms with Crippen molar-refractivity contribution in [1.29, 1.82) is 0 Å². The molecule has 1 unspecified atom stereocenters. The van der Waals surface area contributed by atoms with Gasteiger partial charge in [0.2, 0.25) is 0 Å². The quantitative estimate of drug-likeness (QED) is 0.0464. The van der Waals surface area contributed by atoms with Gasteiger partial charge in [-0.2, -0.15) is 0 Å². The highest BCUT2D eigenvalue weighted by atomic mass is 16.5. The van der Waals surface area contributed by atoms with Crippen molar-refractivity contribution in [2.24, 2.45) is 0 Å². The summed E-state index contributed by atoms with van der Waals surface area (Å²) in [5.74, 6) is -8.06. The Morgan fingerprint density at radius 2 is 0.882 bits per heavy atom. The molecule has 0 fully saturated rings. The van der Waals surface area contributed by atoms with Gasteiger partial charge in [0.25, 0.3) is 0 Å². The van der Waals surface area contributed by atoms with Gasteiger partial charge in [-0.3, -0.25) is 48.3 Å². The van der Waals surface area contributed by atoms with Crippen LogP contribution >= 0.6 is 0 Å². The Morgan fingerprint density at radius 3 is 1.35 bits per heavy atom. The second-order valence-corrected chi connectivity index (χ2v) is 12.6. The van der Waals surface area contributed by atoms with Gasteiger partial charge in [0, 0.05) is 32.1 Å². The van der Waals surface area contributed by atoms with Gasteiger partial charge in [-0.15, -0.1) is 0 Å². The maximum Gasteiger partial charge on any atom is 0.317 e. The van der Waals surface area contributed by atoms with E-state index in [1.807, 2.05) is 0 Å². The zero-order valence-electron chi connectivity index (χ0n) is 30.0. The Balaban J connectivity index is 4.91. The van der Waals surface area contributed by atoms with Crippen LogP contribution in [0.25, 0.3) is 0 Å². The lowest BCUT2D eigenvalue weighted by Crippen LogP contribution is -2.51. The third-order valence-electron chi connectivity index (χ3n) is 7.92. The van der Waals surface area contributed by atoms with Crippen LogP contribution in [-0.2, 0) is 43.0 Å². The van der Waals surface area contributed by atoms with Crippen LogP contribution in [0.3, 0.4) is 0 Å². The minimum Gasteiger partial charge on any atom is -0.480 e. The summed E-state index contributed by atoms with van der Waals surface area (Å²) in [4.78, 5) is 85.0. The van der Waals surface area contributed by atoms with Crippen molar-refractivity contribution in [3.63, 3.8) is 0 Å². The van der Waals surface area contributed by atoms with Gasteiger partial charge in [0.15, 0.2) is 0 Å². The molecule has 5 N–H and O–H groups in total. The molecule has 0 aromatic rings. The molecule has 0 aliphatic carbocycles. The molecule has 0 bridgehead atoms. The molecule has 1 atom stereocenters. The van der Waals surface area contributed by atoms with Crippen LogP contribution in [0.2, 0.25) is 0 Å². The number of esters is 2. The topological polar surface area (TPSA) is 249 Å². The number of ether oxygens (including phenoxy) is 2. The monoisotopic (exact) mass is 733 g/mol. The molecule has 0 aliphatic heterocycles. The number of carboxylic acid groups (broad SMARTS) is 5. The number of hydrogen-bond donors (Lipinski definition) is 5. The molecule has 17 heteroatoms. The molecule has 51 heavy (non-hydrogen) atoms. The molecule has 0 saturated heterocycles. The Morgan fingerprint density at radius 1 is 0.490 bits per heavy atom. The molecule has 0 rings (SSSR count). The highest BCUT2D eigenvalue weighted by molar-refractivity contribution is 5.74. The standard InChI is InChI=1S/C34H59N3O14/c1-2-3-4-5-6-7-8-9-10-11-12-13-18-50-33(48)15-14-19-51-34(49)20-27(37(25-31(44)45)26-32(46)47)21-35(22-28(38)39)16-17-36(23-29(40)41)24-30(42)43/h27H,2-26H2,1H3,(H,38,39)(H,40,41)(H,42,43)(H,44,45)(H,46,47). The zero-order chi connectivity index (χ0) is 38.4. The first-order valence-corrected chi connectivity index (χ1v) is 17.8. The minimum absolute atomic E-state index is 0.00526. The van der Waals surface area contributed by atoms with Gasteiger partial charge in [-0.05, 0) is 12.8 Å². The molecular formula is C34H59N3O14. The predicted octanol–water partition coefficient (Wildman–Crippen LogP) is 2.64. The molecule has 294 valence electrons. The van der Waals surface area contributed by atoms with Crippen molar-refractivity contribution in [2.75, 3.05) is 65.6 Å². The van der Waals surface area contributed by atoms with Gasteiger partial charge >= 0.3 is 41.8 Å². The van der Waals surface area contributed by atoms with E-state index < -0.39 is 87.0 Å². The number of carbonyl (C=O) groups excluding carboxylic acids is 2. The molecule has 0 spiro atoms. The maximum absolute atomic E-state index is 12.8. The van der Waals surface area contributed by atoms with E-state index in [0.717, 1.165) is 35.5 Å². The average Bonchev–Trinajstić information content (AvgIpc) is 3.02. The average molecular weight is 734 g/mol. The zero-order valence-corrected chi connectivity index (χ0v) is 30.0. The van der Waals surface area contributed by atoms with Crippen LogP contribution in [0, 0.1) is 0 Å². The van der Waals surface area contributed by atoms with Gasteiger partial charge in [0.1, 0.15) is 0 Å². The minimum atomic E-state index is -1.41. The second kappa shape index (κ2) is 29.9. The molecule has 0 radical (unpaired) electrons. The van der Waals surface area contributed by atoms with Crippen molar-refractivity contribution in [2.45, 2.75) is 109 Å². The van der Waals surface area contributed by atoms with E-state index in [1.54, 1.807) is 0 Å². The van der Waals surface area contributed by atoms with E-state index in [1.165, 1.54) is 56.3 Å². The Hall–Kier alpha value is -3.83. The van der Waals surface area contributed by atoms with Crippen LogP contribution < -0.4 is 0 Å². The fourth-order valence-corrected chi connectivity index (χ4v) is 5.43. The first kappa shape index (κ1) is 47.2. The fourth-order valence-electron chi connectivity index (χ4n) is 5.43.